The molecule has 0 spiro atoms. The van der Waals surface area contributed by atoms with Gasteiger partial charge >= 0.3 is 0 Å². The summed E-state index contributed by atoms with van der Waals surface area (Å²) >= 11 is 0. The van der Waals surface area contributed by atoms with Crippen molar-refractivity contribution >= 4 is 5.91 Å². The van der Waals surface area contributed by atoms with Gasteiger partial charge in [0.25, 0.3) is 5.91 Å². The lowest BCUT2D eigenvalue weighted by atomic mass is 9.90. The molecular formula is C17H26N3O+. The number of carbonyl (C=O) groups is 1. The van der Waals surface area contributed by atoms with Crippen molar-refractivity contribution in [2.45, 2.75) is 39.8 Å². The van der Waals surface area contributed by atoms with Gasteiger partial charge < -0.3 is 10.2 Å². The molecule has 0 saturated carbocycles. The van der Waals surface area contributed by atoms with Crippen LogP contribution in [0.25, 0.3) is 0 Å². The highest BCUT2D eigenvalue weighted by Crippen LogP contribution is 2.14. The second-order valence-electron chi connectivity index (χ2n) is 5.96. The third kappa shape index (κ3) is 5.20. The first kappa shape index (κ1) is 17.2. The van der Waals surface area contributed by atoms with Crippen LogP contribution in [-0.4, -0.2) is 24.5 Å². The number of quaternary nitrogens is 1. The molecule has 1 aromatic rings. The second kappa shape index (κ2) is 7.80. The SMILES string of the molecule is CC[NH+](CC(=O)N[C@@](C)(C#N)C(C)C)Cc1ccccc1. The first-order chi connectivity index (χ1) is 9.91. The summed E-state index contributed by atoms with van der Waals surface area (Å²) in [5.74, 6) is 0.00572. The molecule has 1 unspecified atom stereocenters. The fraction of sp³-hybridized carbons (Fsp3) is 0.529. The molecule has 4 heteroatoms. The number of nitriles is 1. The maximum absolute atomic E-state index is 12.2. The van der Waals surface area contributed by atoms with E-state index in [0.717, 1.165) is 13.1 Å². The molecule has 0 saturated heterocycles. The van der Waals surface area contributed by atoms with Crippen LogP contribution in [0.5, 0.6) is 0 Å². The van der Waals surface area contributed by atoms with Gasteiger partial charge in [-0.2, -0.15) is 5.26 Å². The highest BCUT2D eigenvalue weighted by Gasteiger charge is 2.31. The fourth-order valence-corrected chi connectivity index (χ4v) is 2.06. The minimum Gasteiger partial charge on any atom is -0.333 e. The van der Waals surface area contributed by atoms with Crippen molar-refractivity contribution in [3.63, 3.8) is 0 Å². The molecule has 21 heavy (non-hydrogen) atoms. The molecule has 1 rings (SSSR count). The predicted octanol–water partition coefficient (Wildman–Crippen LogP) is 1.15. The van der Waals surface area contributed by atoms with Crippen LogP contribution in [0.15, 0.2) is 30.3 Å². The third-order valence-electron chi connectivity index (χ3n) is 3.99. The van der Waals surface area contributed by atoms with Gasteiger partial charge in [0.15, 0.2) is 6.54 Å². The summed E-state index contributed by atoms with van der Waals surface area (Å²) in [7, 11) is 0. The van der Waals surface area contributed by atoms with Crippen LogP contribution >= 0.6 is 0 Å². The maximum atomic E-state index is 12.2. The quantitative estimate of drug-likeness (QED) is 0.790. The van der Waals surface area contributed by atoms with Crippen LogP contribution < -0.4 is 10.2 Å². The van der Waals surface area contributed by atoms with E-state index in [-0.39, 0.29) is 11.8 Å². The Labute approximate surface area is 127 Å². The fourth-order valence-electron chi connectivity index (χ4n) is 2.06. The predicted molar refractivity (Wildman–Crippen MR) is 83.5 cm³/mol. The molecule has 2 N–H and O–H groups in total. The molecule has 0 fully saturated rings. The van der Waals surface area contributed by atoms with Crippen LogP contribution in [0, 0.1) is 17.2 Å². The molecule has 0 aliphatic carbocycles. The average molecular weight is 288 g/mol. The highest BCUT2D eigenvalue weighted by molar-refractivity contribution is 5.78. The second-order valence-corrected chi connectivity index (χ2v) is 5.96. The van der Waals surface area contributed by atoms with Crippen molar-refractivity contribution in [2.24, 2.45) is 5.92 Å². The molecule has 1 amide bonds. The summed E-state index contributed by atoms with van der Waals surface area (Å²) < 4.78 is 0. The van der Waals surface area contributed by atoms with Gasteiger partial charge in [0, 0.05) is 5.56 Å². The molecule has 0 heterocycles. The van der Waals surface area contributed by atoms with Gasteiger partial charge in [-0.3, -0.25) is 4.79 Å². The largest absolute Gasteiger partial charge is 0.333 e. The van der Waals surface area contributed by atoms with E-state index in [4.69, 9.17) is 0 Å². The number of nitrogens with one attached hydrogen (secondary N) is 2. The van der Waals surface area contributed by atoms with Gasteiger partial charge in [-0.25, -0.2) is 0 Å². The van der Waals surface area contributed by atoms with Crippen LogP contribution in [-0.2, 0) is 11.3 Å². The Morgan fingerprint density at radius 2 is 2.00 bits per heavy atom. The normalized spacial score (nSPS) is 15.0. The standard InChI is InChI=1S/C17H25N3O/c1-5-20(11-15-9-7-6-8-10-15)12-16(21)19-17(4,13-18)14(2)3/h6-10,14H,5,11-12H2,1-4H3,(H,19,21)/p+1/t17-/m0/s1. The molecule has 2 atom stereocenters. The molecule has 0 aliphatic rings. The van der Waals surface area contributed by atoms with Crippen LogP contribution in [0.1, 0.15) is 33.3 Å². The number of hydrogen-bond donors (Lipinski definition) is 2. The lowest BCUT2D eigenvalue weighted by Gasteiger charge is -2.28. The van der Waals surface area contributed by atoms with Crippen LogP contribution in [0.3, 0.4) is 0 Å². The number of carbonyl (C=O) groups excluding carboxylic acids is 1. The minimum absolute atomic E-state index is 0.0690. The zero-order valence-corrected chi connectivity index (χ0v) is 13.4. The third-order valence-corrected chi connectivity index (χ3v) is 3.99. The van der Waals surface area contributed by atoms with Gasteiger partial charge in [0.2, 0.25) is 0 Å². The van der Waals surface area contributed by atoms with Crippen molar-refractivity contribution < 1.29 is 9.69 Å². The molecule has 0 bridgehead atoms. The Morgan fingerprint density at radius 1 is 1.38 bits per heavy atom. The van der Waals surface area contributed by atoms with E-state index in [1.54, 1.807) is 6.92 Å². The van der Waals surface area contributed by atoms with E-state index < -0.39 is 5.54 Å². The molecule has 0 aliphatic heterocycles. The first-order valence-corrected chi connectivity index (χ1v) is 7.51. The van der Waals surface area contributed by atoms with Gasteiger partial charge in [-0.1, -0.05) is 44.2 Å². The molecule has 1 aromatic carbocycles. The van der Waals surface area contributed by atoms with Crippen molar-refractivity contribution in [3.8, 4) is 6.07 Å². The number of benzene rings is 1. The van der Waals surface area contributed by atoms with E-state index in [2.05, 4.69) is 30.4 Å². The van der Waals surface area contributed by atoms with Gasteiger partial charge in [0.1, 0.15) is 12.1 Å². The van der Waals surface area contributed by atoms with E-state index in [9.17, 15) is 10.1 Å². The lowest BCUT2D eigenvalue weighted by molar-refractivity contribution is -0.904. The van der Waals surface area contributed by atoms with Crippen LogP contribution in [0.4, 0.5) is 0 Å². The Balaban J connectivity index is 2.61. The molecule has 0 aromatic heterocycles. The number of rotatable bonds is 7. The van der Waals surface area contributed by atoms with Crippen molar-refractivity contribution in [3.05, 3.63) is 35.9 Å². The smallest absolute Gasteiger partial charge is 0.276 e. The minimum atomic E-state index is -0.803. The summed E-state index contributed by atoms with van der Waals surface area (Å²) in [5.41, 5.74) is 0.414. The van der Waals surface area contributed by atoms with Gasteiger partial charge in [-0.05, 0) is 19.8 Å². The maximum Gasteiger partial charge on any atom is 0.276 e. The molecular weight excluding hydrogens is 262 g/mol. The topological polar surface area (TPSA) is 57.3 Å². The Kier molecular flexibility index (Phi) is 6.39. The van der Waals surface area contributed by atoms with Crippen molar-refractivity contribution in [1.82, 2.24) is 5.32 Å². The lowest BCUT2D eigenvalue weighted by Crippen LogP contribution is -3.11. The van der Waals surface area contributed by atoms with Crippen molar-refractivity contribution in [2.75, 3.05) is 13.1 Å². The molecule has 114 valence electrons. The van der Waals surface area contributed by atoms with E-state index >= 15 is 0 Å². The average Bonchev–Trinajstić information content (AvgIpc) is 2.47. The monoisotopic (exact) mass is 288 g/mol. The summed E-state index contributed by atoms with van der Waals surface area (Å²) in [5, 5.41) is 12.1. The molecule has 4 nitrogen and oxygen atoms in total. The van der Waals surface area contributed by atoms with Gasteiger partial charge in [-0.15, -0.1) is 0 Å². The number of hydrogen-bond acceptors (Lipinski definition) is 2. The zero-order valence-electron chi connectivity index (χ0n) is 13.4. The Morgan fingerprint density at radius 3 is 2.48 bits per heavy atom. The number of nitrogens with zero attached hydrogens (tertiary/aromatic N) is 1. The summed E-state index contributed by atoms with van der Waals surface area (Å²) in [6, 6.07) is 12.4. The number of amides is 1. The van der Waals surface area contributed by atoms with E-state index in [0.29, 0.717) is 6.54 Å². The Bertz CT molecular complexity index is 493. The summed E-state index contributed by atoms with van der Waals surface area (Å²) in [6.07, 6.45) is 0. The Hall–Kier alpha value is -1.86. The summed E-state index contributed by atoms with van der Waals surface area (Å²) in [6.45, 7) is 9.80. The van der Waals surface area contributed by atoms with E-state index in [1.807, 2.05) is 32.0 Å². The highest BCUT2D eigenvalue weighted by atomic mass is 16.2. The summed E-state index contributed by atoms with van der Waals surface area (Å²) in [4.78, 5) is 13.4. The number of likely N-dealkylation sites (N-methyl/N-ethyl adjacent to an activating group) is 1. The van der Waals surface area contributed by atoms with Crippen molar-refractivity contribution in [1.29, 1.82) is 5.26 Å². The van der Waals surface area contributed by atoms with Gasteiger partial charge in [0.05, 0.1) is 12.6 Å². The molecule has 0 radical (unpaired) electrons. The zero-order chi connectivity index (χ0) is 15.9. The van der Waals surface area contributed by atoms with Crippen LogP contribution in [0.2, 0.25) is 0 Å². The van der Waals surface area contributed by atoms with E-state index in [1.165, 1.54) is 10.5 Å². The first-order valence-electron chi connectivity index (χ1n) is 7.51.